The van der Waals surface area contributed by atoms with E-state index in [4.69, 9.17) is 0 Å². The van der Waals surface area contributed by atoms with Gasteiger partial charge in [0.1, 0.15) is 0 Å². The van der Waals surface area contributed by atoms with Crippen LogP contribution in [0, 0.1) is 17.5 Å². The van der Waals surface area contributed by atoms with E-state index in [0.717, 1.165) is 18.9 Å². The molecule has 0 bridgehead atoms. The lowest BCUT2D eigenvalue weighted by molar-refractivity contribution is 0.422. The maximum Gasteiger partial charge on any atom is 0.194 e. The summed E-state index contributed by atoms with van der Waals surface area (Å²) in [5, 5.41) is 4.97. The van der Waals surface area contributed by atoms with Crippen LogP contribution < -0.4 is 5.32 Å². The normalized spacial score (nSPS) is 12.6. The van der Waals surface area contributed by atoms with Gasteiger partial charge in [-0.05, 0) is 43.8 Å². The zero-order valence-corrected chi connectivity index (χ0v) is 11.9. The second-order valence-corrected chi connectivity index (χ2v) is 5.61. The van der Waals surface area contributed by atoms with Crippen LogP contribution in [0.1, 0.15) is 29.3 Å². The molecule has 5 heteroatoms. The predicted octanol–water partition coefficient (Wildman–Crippen LogP) is 4.45. The molecule has 1 nitrogen and oxygen atoms in total. The monoisotopic (exact) mass is 299 g/mol. The third kappa shape index (κ3) is 3.41. The molecule has 0 aliphatic heterocycles. The van der Waals surface area contributed by atoms with Crippen LogP contribution in [0.2, 0.25) is 0 Å². The Labute approximate surface area is 120 Å². The highest BCUT2D eigenvalue weighted by Gasteiger charge is 2.19. The van der Waals surface area contributed by atoms with E-state index in [1.165, 1.54) is 10.9 Å². The minimum atomic E-state index is -1.40. The minimum absolute atomic E-state index is 0.178. The van der Waals surface area contributed by atoms with Crippen molar-refractivity contribution in [2.24, 2.45) is 0 Å². The molecule has 20 heavy (non-hydrogen) atoms. The van der Waals surface area contributed by atoms with Gasteiger partial charge in [-0.25, -0.2) is 13.2 Å². The lowest BCUT2D eigenvalue weighted by Gasteiger charge is -2.17. The third-order valence-corrected chi connectivity index (χ3v) is 4.22. The molecule has 2 rings (SSSR count). The Morgan fingerprint density at radius 1 is 1.15 bits per heavy atom. The van der Waals surface area contributed by atoms with Crippen LogP contribution in [0.15, 0.2) is 29.6 Å². The Hall–Kier alpha value is -1.33. The molecule has 0 aliphatic carbocycles. The van der Waals surface area contributed by atoms with Crippen molar-refractivity contribution in [3.05, 3.63) is 57.5 Å². The molecule has 1 aromatic carbocycles. The van der Waals surface area contributed by atoms with Gasteiger partial charge in [0, 0.05) is 16.5 Å². The molecule has 0 aliphatic rings. The summed E-state index contributed by atoms with van der Waals surface area (Å²) in [6.07, 6.45) is 2.42. The first-order valence-electron chi connectivity index (χ1n) is 6.46. The van der Waals surface area contributed by atoms with Gasteiger partial charge in [0.05, 0.1) is 0 Å². The maximum absolute atomic E-state index is 13.7. The van der Waals surface area contributed by atoms with E-state index in [9.17, 15) is 13.2 Å². The second kappa shape index (κ2) is 6.90. The van der Waals surface area contributed by atoms with E-state index < -0.39 is 17.5 Å². The highest BCUT2D eigenvalue weighted by Crippen LogP contribution is 2.25. The molecule has 0 amide bonds. The van der Waals surface area contributed by atoms with Crippen LogP contribution in [0.3, 0.4) is 0 Å². The van der Waals surface area contributed by atoms with Crippen LogP contribution >= 0.6 is 11.3 Å². The molecule has 1 heterocycles. The van der Waals surface area contributed by atoms with Gasteiger partial charge in [0.15, 0.2) is 17.5 Å². The molecule has 0 saturated carbocycles. The summed E-state index contributed by atoms with van der Waals surface area (Å²) in [5.41, 5.74) is 0.178. The summed E-state index contributed by atoms with van der Waals surface area (Å²) in [6.45, 7) is 0. The van der Waals surface area contributed by atoms with Gasteiger partial charge in [-0.3, -0.25) is 0 Å². The van der Waals surface area contributed by atoms with Crippen molar-refractivity contribution in [3.63, 3.8) is 0 Å². The summed E-state index contributed by atoms with van der Waals surface area (Å²) in [7, 11) is 1.69. The molecule has 1 aromatic heterocycles. The van der Waals surface area contributed by atoms with Gasteiger partial charge < -0.3 is 5.32 Å². The lowest BCUT2D eigenvalue weighted by Crippen LogP contribution is -2.18. The van der Waals surface area contributed by atoms with Crippen molar-refractivity contribution in [3.8, 4) is 0 Å². The molecule has 0 spiro atoms. The highest BCUT2D eigenvalue weighted by molar-refractivity contribution is 7.09. The Balaban J connectivity index is 2.03. The molecule has 1 atom stereocenters. The smallest absolute Gasteiger partial charge is 0.194 e. The van der Waals surface area contributed by atoms with Crippen molar-refractivity contribution < 1.29 is 13.2 Å². The molecule has 2 aromatic rings. The number of benzene rings is 1. The van der Waals surface area contributed by atoms with Crippen LogP contribution in [0.5, 0.6) is 0 Å². The number of halogens is 3. The van der Waals surface area contributed by atoms with Gasteiger partial charge in [0.25, 0.3) is 0 Å². The fourth-order valence-corrected chi connectivity index (χ4v) is 2.95. The Bertz CT molecular complexity index is 554. The van der Waals surface area contributed by atoms with Gasteiger partial charge in [-0.2, -0.15) is 0 Å². The Kier molecular flexibility index (Phi) is 5.20. The fourth-order valence-electron chi connectivity index (χ4n) is 2.20. The maximum atomic E-state index is 13.7. The van der Waals surface area contributed by atoms with Crippen LogP contribution in [0.4, 0.5) is 13.2 Å². The average molecular weight is 299 g/mol. The predicted molar refractivity (Wildman–Crippen MR) is 75.4 cm³/mol. The average Bonchev–Trinajstić information content (AvgIpc) is 2.95. The molecular weight excluding hydrogens is 283 g/mol. The van der Waals surface area contributed by atoms with Gasteiger partial charge in [0.2, 0.25) is 0 Å². The fraction of sp³-hybridized carbons (Fsp3) is 0.333. The first-order valence-corrected chi connectivity index (χ1v) is 7.34. The topological polar surface area (TPSA) is 12.0 Å². The molecule has 0 radical (unpaired) electrons. The molecule has 0 saturated heterocycles. The molecule has 1 N–H and O–H groups in total. The van der Waals surface area contributed by atoms with E-state index in [2.05, 4.69) is 11.4 Å². The number of rotatable bonds is 6. The lowest BCUT2D eigenvalue weighted by atomic mass is 10.00. The number of aryl methyl sites for hydroxylation is 1. The molecule has 1 unspecified atom stereocenters. The van der Waals surface area contributed by atoms with E-state index in [-0.39, 0.29) is 11.6 Å². The largest absolute Gasteiger partial charge is 0.313 e. The van der Waals surface area contributed by atoms with Crippen molar-refractivity contribution in [1.82, 2.24) is 5.32 Å². The zero-order valence-electron chi connectivity index (χ0n) is 11.1. The summed E-state index contributed by atoms with van der Waals surface area (Å²) in [5.74, 6) is -3.65. The summed E-state index contributed by atoms with van der Waals surface area (Å²) >= 11 is 1.68. The van der Waals surface area contributed by atoms with E-state index in [0.29, 0.717) is 6.42 Å². The second-order valence-electron chi connectivity index (χ2n) is 4.58. The van der Waals surface area contributed by atoms with Crippen molar-refractivity contribution >= 4 is 11.3 Å². The summed E-state index contributed by atoms with van der Waals surface area (Å²) < 4.78 is 39.9. The van der Waals surface area contributed by atoms with Crippen LogP contribution in [-0.4, -0.2) is 7.05 Å². The zero-order chi connectivity index (χ0) is 14.5. The SMILES string of the molecule is CNC(CCCc1cccs1)c1ccc(F)c(F)c1F. The van der Waals surface area contributed by atoms with Gasteiger partial charge >= 0.3 is 0 Å². The van der Waals surface area contributed by atoms with Crippen LogP contribution in [-0.2, 0) is 6.42 Å². The number of thiophene rings is 1. The van der Waals surface area contributed by atoms with E-state index in [1.54, 1.807) is 18.4 Å². The van der Waals surface area contributed by atoms with Gasteiger partial charge in [-0.1, -0.05) is 12.1 Å². The first-order chi connectivity index (χ1) is 9.63. The highest BCUT2D eigenvalue weighted by atomic mass is 32.1. The van der Waals surface area contributed by atoms with Crippen molar-refractivity contribution in [2.45, 2.75) is 25.3 Å². The van der Waals surface area contributed by atoms with Crippen LogP contribution in [0.25, 0.3) is 0 Å². The summed E-state index contributed by atoms with van der Waals surface area (Å²) in [6, 6.07) is 6.00. The van der Waals surface area contributed by atoms with E-state index in [1.807, 2.05) is 11.4 Å². The standard InChI is InChI=1S/C15H16F3NS/c1-19-13(6-2-4-10-5-3-9-20-10)11-7-8-12(16)15(18)14(11)17/h3,5,7-9,13,19H,2,4,6H2,1H3. The van der Waals surface area contributed by atoms with Crippen molar-refractivity contribution in [1.29, 1.82) is 0 Å². The minimum Gasteiger partial charge on any atom is -0.313 e. The molecular formula is C15H16F3NS. The molecule has 0 fully saturated rings. The third-order valence-electron chi connectivity index (χ3n) is 3.29. The van der Waals surface area contributed by atoms with Gasteiger partial charge in [-0.15, -0.1) is 11.3 Å². The Morgan fingerprint density at radius 3 is 2.60 bits per heavy atom. The number of nitrogens with one attached hydrogen (secondary N) is 1. The van der Waals surface area contributed by atoms with Crippen molar-refractivity contribution in [2.75, 3.05) is 7.05 Å². The molecule has 108 valence electrons. The quantitative estimate of drug-likeness (QED) is 0.777. The number of hydrogen-bond donors (Lipinski definition) is 1. The van der Waals surface area contributed by atoms with E-state index >= 15 is 0 Å². The number of hydrogen-bond acceptors (Lipinski definition) is 2. The Morgan fingerprint density at radius 2 is 1.95 bits per heavy atom. The first kappa shape index (κ1) is 15.1. The summed E-state index contributed by atoms with van der Waals surface area (Å²) in [4.78, 5) is 1.27.